The standard InChI is InChI=1S/C23H22Cl2N2O4S/c1-2-12-27(32(29,30)22-14-19(24)10-11-21(22)25)17-23(28)26(16-20-9-6-13-31-20)15-18-7-4-3-5-8-18/h2-11,13-14H,1,12,15-17H2. The molecule has 0 fully saturated rings. The molecule has 0 N–H and O–H groups in total. The van der Waals surface area contributed by atoms with Crippen molar-refractivity contribution in [3.8, 4) is 0 Å². The summed E-state index contributed by atoms with van der Waals surface area (Å²) in [5.41, 5.74) is 0.906. The van der Waals surface area contributed by atoms with Gasteiger partial charge >= 0.3 is 0 Å². The molecule has 168 valence electrons. The minimum Gasteiger partial charge on any atom is -0.467 e. The minimum atomic E-state index is -4.11. The van der Waals surface area contributed by atoms with E-state index in [-0.39, 0.29) is 28.0 Å². The van der Waals surface area contributed by atoms with Crippen LogP contribution in [0.5, 0.6) is 0 Å². The zero-order chi connectivity index (χ0) is 23.1. The van der Waals surface area contributed by atoms with Gasteiger partial charge in [0.15, 0.2) is 0 Å². The molecule has 0 aliphatic rings. The van der Waals surface area contributed by atoms with Gasteiger partial charge in [-0.2, -0.15) is 4.31 Å². The minimum absolute atomic E-state index is 0.0210. The zero-order valence-electron chi connectivity index (χ0n) is 17.2. The number of nitrogens with zero attached hydrogens (tertiary/aromatic N) is 2. The van der Waals surface area contributed by atoms with E-state index in [1.165, 1.54) is 30.5 Å². The first kappa shape index (κ1) is 24.1. The summed E-state index contributed by atoms with van der Waals surface area (Å²) < 4.78 is 33.0. The summed E-state index contributed by atoms with van der Waals surface area (Å²) >= 11 is 12.1. The molecule has 3 rings (SSSR count). The third-order valence-electron chi connectivity index (χ3n) is 4.65. The highest BCUT2D eigenvalue weighted by Crippen LogP contribution is 2.28. The van der Waals surface area contributed by atoms with Gasteiger partial charge in [-0.05, 0) is 35.9 Å². The molecule has 2 aromatic carbocycles. The largest absolute Gasteiger partial charge is 0.467 e. The van der Waals surface area contributed by atoms with Crippen molar-refractivity contribution in [1.82, 2.24) is 9.21 Å². The van der Waals surface area contributed by atoms with Crippen LogP contribution < -0.4 is 0 Å². The SMILES string of the molecule is C=CCN(CC(=O)N(Cc1ccccc1)Cc1ccco1)S(=O)(=O)c1cc(Cl)ccc1Cl. The third kappa shape index (κ3) is 6.01. The van der Waals surface area contributed by atoms with Gasteiger partial charge in [0.1, 0.15) is 10.7 Å². The number of carbonyl (C=O) groups excluding carboxylic acids is 1. The van der Waals surface area contributed by atoms with Gasteiger partial charge < -0.3 is 9.32 Å². The first-order valence-corrected chi connectivity index (χ1v) is 11.9. The number of carbonyl (C=O) groups is 1. The van der Waals surface area contributed by atoms with Crippen molar-refractivity contribution in [3.05, 3.63) is 101 Å². The van der Waals surface area contributed by atoms with Crippen molar-refractivity contribution < 1.29 is 17.6 Å². The highest BCUT2D eigenvalue weighted by Gasteiger charge is 2.30. The van der Waals surface area contributed by atoms with Crippen molar-refractivity contribution in [2.45, 2.75) is 18.0 Å². The summed E-state index contributed by atoms with van der Waals surface area (Å²) in [6.07, 6.45) is 2.94. The molecule has 9 heteroatoms. The Morgan fingerprint density at radius 3 is 2.44 bits per heavy atom. The van der Waals surface area contributed by atoms with E-state index in [0.29, 0.717) is 12.3 Å². The molecule has 3 aromatic rings. The van der Waals surface area contributed by atoms with Gasteiger partial charge in [0.05, 0.1) is 24.4 Å². The first-order chi connectivity index (χ1) is 15.3. The molecule has 0 radical (unpaired) electrons. The molecule has 6 nitrogen and oxygen atoms in total. The van der Waals surface area contributed by atoms with E-state index in [1.807, 2.05) is 30.3 Å². The molecule has 0 aliphatic carbocycles. The highest BCUT2D eigenvalue weighted by atomic mass is 35.5. The summed E-state index contributed by atoms with van der Waals surface area (Å²) in [4.78, 5) is 14.6. The molecule has 0 atom stereocenters. The molecule has 0 spiro atoms. The fourth-order valence-electron chi connectivity index (χ4n) is 3.08. The molecule has 1 aromatic heterocycles. The van der Waals surface area contributed by atoms with Gasteiger partial charge in [0, 0.05) is 18.1 Å². The third-order valence-corrected chi connectivity index (χ3v) is 7.18. The molecular weight excluding hydrogens is 471 g/mol. The topological polar surface area (TPSA) is 70.8 Å². The Morgan fingerprint density at radius 1 is 1.03 bits per heavy atom. The maximum absolute atomic E-state index is 13.3. The predicted molar refractivity (Wildman–Crippen MR) is 125 cm³/mol. The summed E-state index contributed by atoms with van der Waals surface area (Å²) in [6, 6.07) is 17.1. The Hall–Kier alpha value is -2.58. The van der Waals surface area contributed by atoms with Gasteiger partial charge in [-0.15, -0.1) is 6.58 Å². The fourth-order valence-corrected chi connectivity index (χ4v) is 5.18. The Bertz CT molecular complexity index is 1170. The number of rotatable bonds is 10. The van der Waals surface area contributed by atoms with Crippen LogP contribution in [-0.2, 0) is 27.9 Å². The monoisotopic (exact) mass is 492 g/mol. The van der Waals surface area contributed by atoms with Gasteiger partial charge in [-0.1, -0.05) is 59.6 Å². The number of hydrogen-bond acceptors (Lipinski definition) is 4. The normalized spacial score (nSPS) is 11.5. The molecule has 0 saturated heterocycles. The van der Waals surface area contributed by atoms with Gasteiger partial charge in [-0.3, -0.25) is 4.79 Å². The van der Waals surface area contributed by atoms with Crippen LogP contribution in [0.3, 0.4) is 0 Å². The lowest BCUT2D eigenvalue weighted by atomic mass is 10.2. The first-order valence-electron chi connectivity index (χ1n) is 9.71. The van der Waals surface area contributed by atoms with Crippen LogP contribution in [0, 0.1) is 0 Å². The summed E-state index contributed by atoms with van der Waals surface area (Å²) in [5.74, 6) is 0.194. The molecule has 0 saturated carbocycles. The molecule has 1 heterocycles. The van der Waals surface area contributed by atoms with Gasteiger partial charge in [0.2, 0.25) is 15.9 Å². The number of benzene rings is 2. The molecule has 32 heavy (non-hydrogen) atoms. The lowest BCUT2D eigenvalue weighted by Gasteiger charge is -2.26. The van der Waals surface area contributed by atoms with Crippen LogP contribution in [0.25, 0.3) is 0 Å². The fraction of sp³-hybridized carbons (Fsp3) is 0.174. The molecule has 0 unspecified atom stereocenters. The second-order valence-electron chi connectivity index (χ2n) is 6.98. The quantitative estimate of drug-likeness (QED) is 0.373. The lowest BCUT2D eigenvalue weighted by molar-refractivity contribution is -0.132. The van der Waals surface area contributed by atoms with Crippen LogP contribution in [0.4, 0.5) is 0 Å². The lowest BCUT2D eigenvalue weighted by Crippen LogP contribution is -2.42. The predicted octanol–water partition coefficient (Wildman–Crippen LogP) is 4.99. The number of halogens is 2. The number of sulfonamides is 1. The van der Waals surface area contributed by atoms with Gasteiger partial charge in [-0.25, -0.2) is 8.42 Å². The van der Waals surface area contributed by atoms with E-state index in [1.54, 1.807) is 17.0 Å². The number of furan rings is 1. The van der Waals surface area contributed by atoms with Gasteiger partial charge in [0.25, 0.3) is 0 Å². The van der Waals surface area contributed by atoms with Crippen LogP contribution in [0.1, 0.15) is 11.3 Å². The second-order valence-corrected chi connectivity index (χ2v) is 9.73. The maximum Gasteiger partial charge on any atom is 0.245 e. The number of amides is 1. The van der Waals surface area contributed by atoms with Crippen LogP contribution in [-0.4, -0.2) is 36.6 Å². The van der Waals surface area contributed by atoms with E-state index in [4.69, 9.17) is 27.6 Å². The van der Waals surface area contributed by atoms with Crippen molar-refractivity contribution in [1.29, 1.82) is 0 Å². The zero-order valence-corrected chi connectivity index (χ0v) is 19.5. The molecule has 0 aliphatic heterocycles. The summed E-state index contributed by atoms with van der Waals surface area (Å²) in [5, 5.41) is 0.244. The second kappa shape index (κ2) is 10.8. The van der Waals surface area contributed by atoms with Crippen LogP contribution >= 0.6 is 23.2 Å². The van der Waals surface area contributed by atoms with Crippen LogP contribution in [0.2, 0.25) is 10.0 Å². The molecule has 0 bridgehead atoms. The average Bonchev–Trinajstić information content (AvgIpc) is 3.28. The highest BCUT2D eigenvalue weighted by molar-refractivity contribution is 7.89. The number of hydrogen-bond donors (Lipinski definition) is 0. The van der Waals surface area contributed by atoms with E-state index in [9.17, 15) is 13.2 Å². The smallest absolute Gasteiger partial charge is 0.245 e. The summed E-state index contributed by atoms with van der Waals surface area (Å²) in [6.45, 7) is 3.64. The molecular formula is C23H22Cl2N2O4S. The van der Waals surface area contributed by atoms with Crippen molar-refractivity contribution in [3.63, 3.8) is 0 Å². The van der Waals surface area contributed by atoms with E-state index >= 15 is 0 Å². The maximum atomic E-state index is 13.3. The Morgan fingerprint density at radius 2 is 1.78 bits per heavy atom. The van der Waals surface area contributed by atoms with E-state index in [0.717, 1.165) is 9.87 Å². The Labute approximate surface area is 197 Å². The molecule has 1 amide bonds. The van der Waals surface area contributed by atoms with Crippen molar-refractivity contribution >= 4 is 39.1 Å². The van der Waals surface area contributed by atoms with Crippen molar-refractivity contribution in [2.24, 2.45) is 0 Å². The Balaban J connectivity index is 1.88. The van der Waals surface area contributed by atoms with E-state index in [2.05, 4.69) is 6.58 Å². The van der Waals surface area contributed by atoms with E-state index < -0.39 is 22.5 Å². The Kier molecular flexibility index (Phi) is 8.15. The van der Waals surface area contributed by atoms with Crippen LogP contribution in [0.15, 0.2) is 88.9 Å². The average molecular weight is 493 g/mol. The van der Waals surface area contributed by atoms with Crippen molar-refractivity contribution in [2.75, 3.05) is 13.1 Å². The summed E-state index contributed by atoms with van der Waals surface area (Å²) in [7, 11) is -4.11.